The van der Waals surface area contributed by atoms with Crippen LogP contribution in [-0.2, 0) is 6.61 Å². The van der Waals surface area contributed by atoms with Crippen LogP contribution in [0.4, 0.5) is 9.52 Å². The zero-order valence-electron chi connectivity index (χ0n) is 15.8. The quantitative estimate of drug-likeness (QED) is 0.235. The van der Waals surface area contributed by atoms with E-state index in [2.05, 4.69) is 31.4 Å². The minimum atomic E-state index is -0.261. The molecule has 0 aliphatic carbocycles. The Morgan fingerprint density at radius 2 is 1.80 bits per heavy atom. The summed E-state index contributed by atoms with van der Waals surface area (Å²) in [5.41, 5.74) is 6.64. The van der Waals surface area contributed by atoms with Crippen molar-refractivity contribution in [2.45, 2.75) is 6.61 Å². The van der Waals surface area contributed by atoms with Crippen LogP contribution in [0.3, 0.4) is 0 Å². The van der Waals surface area contributed by atoms with Gasteiger partial charge in [0.15, 0.2) is 0 Å². The molecule has 0 spiro atoms. The molecule has 0 radical (unpaired) electrons. The smallest absolute Gasteiger partial charge is 0.203 e. The fourth-order valence-corrected chi connectivity index (χ4v) is 3.63. The maximum absolute atomic E-state index is 13.0. The van der Waals surface area contributed by atoms with Gasteiger partial charge in [0.1, 0.15) is 18.2 Å². The third-order valence-corrected chi connectivity index (χ3v) is 5.51. The van der Waals surface area contributed by atoms with Gasteiger partial charge in [-0.1, -0.05) is 52.3 Å². The molecule has 1 aromatic heterocycles. The first-order chi connectivity index (χ1) is 14.7. The zero-order chi connectivity index (χ0) is 20.8. The second kappa shape index (κ2) is 9.65. The van der Waals surface area contributed by atoms with Crippen LogP contribution in [0.15, 0.2) is 87.8 Å². The van der Waals surface area contributed by atoms with E-state index in [1.807, 2.05) is 53.9 Å². The van der Waals surface area contributed by atoms with E-state index >= 15 is 0 Å². The van der Waals surface area contributed by atoms with Crippen LogP contribution in [0.5, 0.6) is 5.75 Å². The molecule has 3 aromatic carbocycles. The van der Waals surface area contributed by atoms with Crippen LogP contribution >= 0.6 is 27.3 Å². The van der Waals surface area contributed by atoms with Gasteiger partial charge < -0.3 is 4.74 Å². The fourth-order valence-electron chi connectivity index (χ4n) is 2.70. The molecule has 0 aliphatic rings. The van der Waals surface area contributed by atoms with Gasteiger partial charge in [-0.05, 0) is 42.0 Å². The van der Waals surface area contributed by atoms with Gasteiger partial charge >= 0.3 is 0 Å². The summed E-state index contributed by atoms with van der Waals surface area (Å²) in [5.74, 6) is 0.435. The number of hydrazone groups is 1. The third kappa shape index (κ3) is 5.31. The largest absolute Gasteiger partial charge is 0.488 e. The molecule has 0 atom stereocenters. The summed E-state index contributed by atoms with van der Waals surface area (Å²) in [4.78, 5) is 4.56. The van der Waals surface area contributed by atoms with Gasteiger partial charge in [-0.3, -0.25) is 5.43 Å². The molecule has 1 N–H and O–H groups in total. The summed E-state index contributed by atoms with van der Waals surface area (Å²) in [7, 11) is 0. The van der Waals surface area contributed by atoms with E-state index in [-0.39, 0.29) is 5.82 Å². The Kier molecular flexibility index (Phi) is 6.51. The maximum atomic E-state index is 13.0. The average Bonchev–Trinajstić information content (AvgIpc) is 3.23. The molecule has 4 rings (SSSR count). The van der Waals surface area contributed by atoms with Crippen molar-refractivity contribution in [3.63, 3.8) is 0 Å². The molecule has 0 amide bonds. The number of benzene rings is 3. The lowest BCUT2D eigenvalue weighted by molar-refractivity contribution is 0.305. The fraction of sp³-hybridized carbons (Fsp3) is 0.0435. The van der Waals surface area contributed by atoms with E-state index in [1.54, 1.807) is 18.3 Å². The Hall–Kier alpha value is -3.03. The summed E-state index contributed by atoms with van der Waals surface area (Å²) < 4.78 is 19.9. The van der Waals surface area contributed by atoms with Crippen LogP contribution in [0, 0.1) is 5.82 Å². The summed E-state index contributed by atoms with van der Waals surface area (Å²) >= 11 is 4.92. The van der Waals surface area contributed by atoms with Gasteiger partial charge in [0.05, 0.1) is 11.9 Å². The third-order valence-electron chi connectivity index (χ3n) is 4.23. The first-order valence-corrected chi connectivity index (χ1v) is 10.8. The number of nitrogens with zero attached hydrogens (tertiary/aromatic N) is 2. The van der Waals surface area contributed by atoms with Crippen molar-refractivity contribution in [1.29, 1.82) is 0 Å². The van der Waals surface area contributed by atoms with E-state index < -0.39 is 0 Å². The van der Waals surface area contributed by atoms with Crippen molar-refractivity contribution < 1.29 is 9.13 Å². The predicted molar refractivity (Wildman–Crippen MR) is 124 cm³/mol. The first-order valence-electron chi connectivity index (χ1n) is 9.14. The molecule has 0 bridgehead atoms. The van der Waals surface area contributed by atoms with Gasteiger partial charge in [-0.25, -0.2) is 9.37 Å². The topological polar surface area (TPSA) is 46.5 Å². The van der Waals surface area contributed by atoms with Crippen molar-refractivity contribution in [3.8, 4) is 17.0 Å². The molecule has 0 saturated heterocycles. The highest BCUT2D eigenvalue weighted by Gasteiger charge is 2.05. The molecule has 30 heavy (non-hydrogen) atoms. The van der Waals surface area contributed by atoms with Crippen LogP contribution in [0.25, 0.3) is 11.3 Å². The second-order valence-electron chi connectivity index (χ2n) is 6.37. The number of halogens is 2. The van der Waals surface area contributed by atoms with Crippen LogP contribution in [0.1, 0.15) is 11.1 Å². The molecule has 0 aliphatic heterocycles. The molecule has 0 fully saturated rings. The molecule has 0 saturated carbocycles. The Morgan fingerprint density at radius 3 is 2.60 bits per heavy atom. The minimum Gasteiger partial charge on any atom is -0.488 e. The number of hydrogen-bond acceptors (Lipinski definition) is 5. The Labute approximate surface area is 186 Å². The predicted octanol–water partition coefficient (Wildman–Crippen LogP) is 6.74. The number of anilines is 1. The monoisotopic (exact) mass is 481 g/mol. The number of aromatic nitrogens is 1. The SMILES string of the molecule is Fc1ccc(COc2ccccc2/C=N\Nc2nc(-c3ccc(Br)cc3)cs2)cc1. The van der Waals surface area contributed by atoms with E-state index in [0.717, 1.165) is 26.9 Å². The molecular weight excluding hydrogens is 465 g/mol. The molecule has 1 heterocycles. The van der Waals surface area contributed by atoms with Crippen LogP contribution in [-0.4, -0.2) is 11.2 Å². The van der Waals surface area contributed by atoms with Crippen molar-refractivity contribution in [1.82, 2.24) is 4.98 Å². The summed E-state index contributed by atoms with van der Waals surface area (Å²) in [5, 5.41) is 6.99. The molecular formula is C23H17BrFN3OS. The van der Waals surface area contributed by atoms with Crippen LogP contribution in [0.2, 0.25) is 0 Å². The Morgan fingerprint density at radius 1 is 1.03 bits per heavy atom. The van der Waals surface area contributed by atoms with Gasteiger partial charge in [-0.15, -0.1) is 11.3 Å². The highest BCUT2D eigenvalue weighted by Crippen LogP contribution is 2.26. The highest BCUT2D eigenvalue weighted by atomic mass is 79.9. The van der Waals surface area contributed by atoms with E-state index in [4.69, 9.17) is 4.74 Å². The van der Waals surface area contributed by atoms with E-state index in [9.17, 15) is 4.39 Å². The van der Waals surface area contributed by atoms with Gasteiger partial charge in [0, 0.05) is 21.0 Å². The normalized spacial score (nSPS) is 11.0. The number of thiazole rings is 1. The molecule has 0 unspecified atom stereocenters. The van der Waals surface area contributed by atoms with Gasteiger partial charge in [-0.2, -0.15) is 5.10 Å². The number of hydrogen-bond donors (Lipinski definition) is 1. The maximum Gasteiger partial charge on any atom is 0.203 e. The molecule has 7 heteroatoms. The summed E-state index contributed by atoms with van der Waals surface area (Å²) in [6.45, 7) is 0.349. The second-order valence-corrected chi connectivity index (χ2v) is 8.14. The minimum absolute atomic E-state index is 0.261. The van der Waals surface area contributed by atoms with Crippen molar-refractivity contribution in [2.24, 2.45) is 5.10 Å². The Bertz CT molecular complexity index is 1140. The van der Waals surface area contributed by atoms with Crippen LogP contribution < -0.4 is 10.2 Å². The summed E-state index contributed by atoms with van der Waals surface area (Å²) in [6.07, 6.45) is 1.70. The lowest BCUT2D eigenvalue weighted by Gasteiger charge is -2.09. The Balaban J connectivity index is 1.40. The van der Waals surface area contributed by atoms with E-state index in [0.29, 0.717) is 17.5 Å². The average molecular weight is 482 g/mol. The number of para-hydroxylation sites is 1. The molecule has 4 aromatic rings. The molecule has 4 nitrogen and oxygen atoms in total. The van der Waals surface area contributed by atoms with Gasteiger partial charge in [0.25, 0.3) is 0 Å². The number of ether oxygens (including phenoxy) is 1. The number of nitrogens with one attached hydrogen (secondary N) is 1. The van der Waals surface area contributed by atoms with E-state index in [1.165, 1.54) is 23.5 Å². The lowest BCUT2D eigenvalue weighted by atomic mass is 10.2. The van der Waals surface area contributed by atoms with Gasteiger partial charge in [0.2, 0.25) is 5.13 Å². The van der Waals surface area contributed by atoms with Crippen molar-refractivity contribution in [2.75, 3.05) is 5.43 Å². The first kappa shape index (κ1) is 20.3. The molecule has 150 valence electrons. The van der Waals surface area contributed by atoms with Crippen molar-refractivity contribution in [3.05, 3.63) is 99.6 Å². The number of rotatable bonds is 7. The lowest BCUT2D eigenvalue weighted by Crippen LogP contribution is -1.99. The summed E-state index contributed by atoms with van der Waals surface area (Å²) in [6, 6.07) is 21.9. The zero-order valence-corrected chi connectivity index (χ0v) is 18.2. The highest BCUT2D eigenvalue weighted by molar-refractivity contribution is 9.10. The standard InChI is InChI=1S/C23H17BrFN3OS/c24-19-9-7-17(8-10-19)21-15-30-23(27-21)28-26-13-18-3-1-2-4-22(18)29-14-16-5-11-20(25)12-6-16/h1-13,15H,14H2,(H,27,28)/b26-13-. The van der Waals surface area contributed by atoms with Crippen molar-refractivity contribution >= 4 is 38.6 Å².